The van der Waals surface area contributed by atoms with E-state index in [-0.39, 0.29) is 11.9 Å². The van der Waals surface area contributed by atoms with Gasteiger partial charge in [0.05, 0.1) is 14.2 Å². The number of hydrogen-bond donors (Lipinski definition) is 0. The minimum atomic E-state index is -0.299. The molecule has 0 aromatic rings. The molecule has 0 amide bonds. The first kappa shape index (κ1) is 19.7. The minimum Gasteiger partial charge on any atom is -0.466 e. The lowest BCUT2D eigenvalue weighted by Crippen LogP contribution is -1.95. The van der Waals surface area contributed by atoms with Gasteiger partial charge in [0.1, 0.15) is 0 Å². The third-order valence-corrected chi connectivity index (χ3v) is 3.32. The predicted octanol–water partition coefficient (Wildman–Crippen LogP) is 3.00. The molecule has 0 saturated carbocycles. The van der Waals surface area contributed by atoms with Crippen LogP contribution in [0.25, 0.3) is 0 Å². The number of halogens is 2. The smallest absolute Gasteiger partial charge is 0.330 e. The molecule has 0 aromatic carbocycles. The Balaban J connectivity index is 0. The molecule has 0 N–H and O–H groups in total. The van der Waals surface area contributed by atoms with Crippen molar-refractivity contribution in [2.75, 3.05) is 24.9 Å². The van der Waals surface area contributed by atoms with Crippen LogP contribution >= 0.6 is 31.9 Å². The number of esters is 2. The van der Waals surface area contributed by atoms with Crippen molar-refractivity contribution in [1.82, 2.24) is 0 Å². The van der Waals surface area contributed by atoms with Gasteiger partial charge >= 0.3 is 11.9 Å². The average molecular weight is 386 g/mol. The van der Waals surface area contributed by atoms with Gasteiger partial charge in [-0.25, -0.2) is 9.59 Å². The Morgan fingerprint density at radius 2 is 1.17 bits per heavy atom. The molecule has 0 radical (unpaired) electrons. The van der Waals surface area contributed by atoms with Crippen molar-refractivity contribution in [3.8, 4) is 0 Å². The SMILES string of the molecule is COC(=O)/C=C(/C)CBr.COC(=O)/C=C(\C)CBr. The zero-order valence-electron chi connectivity index (χ0n) is 11.0. The molecule has 0 aromatic heterocycles. The highest BCUT2D eigenvalue weighted by Gasteiger charge is 1.93. The van der Waals surface area contributed by atoms with Crippen molar-refractivity contribution < 1.29 is 19.1 Å². The van der Waals surface area contributed by atoms with E-state index in [1.165, 1.54) is 26.4 Å². The van der Waals surface area contributed by atoms with Crippen molar-refractivity contribution in [2.45, 2.75) is 13.8 Å². The molecular weight excluding hydrogens is 368 g/mol. The molecule has 0 heterocycles. The number of methoxy groups -OCH3 is 2. The van der Waals surface area contributed by atoms with Gasteiger partial charge in [0.15, 0.2) is 0 Å². The number of hydrogen-bond acceptors (Lipinski definition) is 4. The van der Waals surface area contributed by atoms with Gasteiger partial charge in [-0.15, -0.1) is 0 Å². The van der Waals surface area contributed by atoms with Crippen molar-refractivity contribution >= 4 is 43.8 Å². The van der Waals surface area contributed by atoms with E-state index in [0.29, 0.717) is 10.7 Å². The van der Waals surface area contributed by atoms with Crippen molar-refractivity contribution in [2.24, 2.45) is 0 Å². The summed E-state index contributed by atoms with van der Waals surface area (Å²) in [6.07, 6.45) is 2.91. The zero-order valence-corrected chi connectivity index (χ0v) is 14.1. The van der Waals surface area contributed by atoms with Gasteiger partial charge in [-0.2, -0.15) is 0 Å². The lowest BCUT2D eigenvalue weighted by Gasteiger charge is -1.92. The molecule has 0 aliphatic rings. The lowest BCUT2D eigenvalue weighted by atomic mass is 10.3. The number of carbonyl (C=O) groups excluding carboxylic acids is 2. The van der Waals surface area contributed by atoms with Crippen molar-refractivity contribution in [1.29, 1.82) is 0 Å². The first-order valence-corrected chi connectivity index (χ1v) is 7.27. The third kappa shape index (κ3) is 13.4. The van der Waals surface area contributed by atoms with Crippen LogP contribution in [0.4, 0.5) is 0 Å². The maximum atomic E-state index is 10.5. The summed E-state index contributed by atoms with van der Waals surface area (Å²) < 4.78 is 8.77. The van der Waals surface area contributed by atoms with Crippen molar-refractivity contribution in [3.05, 3.63) is 23.3 Å². The molecule has 0 spiro atoms. The lowest BCUT2D eigenvalue weighted by molar-refractivity contribution is -0.135. The molecule has 0 rings (SSSR count). The average Bonchev–Trinajstić information content (AvgIpc) is 2.38. The number of rotatable bonds is 4. The standard InChI is InChI=1S/2C6H9BrO2/c2*1-5(4-7)3-6(8)9-2/h2*3H,4H2,1-2H3/b5-3+;5-3-. The van der Waals surface area contributed by atoms with E-state index < -0.39 is 0 Å². The highest BCUT2D eigenvalue weighted by Crippen LogP contribution is 1.97. The van der Waals surface area contributed by atoms with Gasteiger partial charge in [-0.1, -0.05) is 43.0 Å². The molecule has 6 heteroatoms. The highest BCUT2D eigenvalue weighted by atomic mass is 79.9. The molecule has 104 valence electrons. The molecule has 0 saturated heterocycles. The second-order valence-corrected chi connectivity index (χ2v) is 4.42. The fourth-order valence-corrected chi connectivity index (χ4v) is 0.921. The Hall–Kier alpha value is -0.620. The van der Waals surface area contributed by atoms with E-state index in [4.69, 9.17) is 0 Å². The molecule has 0 bridgehead atoms. The maximum Gasteiger partial charge on any atom is 0.330 e. The van der Waals surface area contributed by atoms with Gasteiger partial charge in [-0.3, -0.25) is 0 Å². The molecule has 0 unspecified atom stereocenters. The van der Waals surface area contributed by atoms with E-state index in [1.807, 2.05) is 13.8 Å². The summed E-state index contributed by atoms with van der Waals surface area (Å²) >= 11 is 6.39. The first-order chi connectivity index (χ1) is 8.40. The summed E-state index contributed by atoms with van der Waals surface area (Å²) in [5.41, 5.74) is 1.92. The van der Waals surface area contributed by atoms with Crippen LogP contribution < -0.4 is 0 Å². The fraction of sp³-hybridized carbons (Fsp3) is 0.500. The van der Waals surface area contributed by atoms with E-state index in [1.54, 1.807) is 0 Å². The Bertz CT molecular complexity index is 290. The quantitative estimate of drug-likeness (QED) is 0.424. The first-order valence-electron chi connectivity index (χ1n) is 5.03. The Kier molecular flexibility index (Phi) is 14.0. The van der Waals surface area contributed by atoms with E-state index in [0.717, 1.165) is 11.1 Å². The van der Waals surface area contributed by atoms with E-state index in [9.17, 15) is 9.59 Å². The summed E-state index contributed by atoms with van der Waals surface area (Å²) in [4.78, 5) is 20.9. The largest absolute Gasteiger partial charge is 0.466 e. The predicted molar refractivity (Wildman–Crippen MR) is 79.1 cm³/mol. The van der Waals surface area contributed by atoms with Crippen LogP contribution in [0.1, 0.15) is 13.8 Å². The number of alkyl halides is 2. The zero-order chi connectivity index (χ0) is 14.6. The van der Waals surface area contributed by atoms with Crippen LogP contribution in [-0.4, -0.2) is 36.8 Å². The van der Waals surface area contributed by atoms with Gasteiger partial charge < -0.3 is 9.47 Å². The highest BCUT2D eigenvalue weighted by molar-refractivity contribution is 9.09. The molecule has 0 aliphatic carbocycles. The molecule has 0 fully saturated rings. The molecule has 0 aliphatic heterocycles. The molecular formula is C12H18Br2O4. The topological polar surface area (TPSA) is 52.6 Å². The van der Waals surface area contributed by atoms with Crippen LogP contribution in [0.15, 0.2) is 23.3 Å². The summed E-state index contributed by atoms with van der Waals surface area (Å²) in [5, 5.41) is 1.42. The maximum absolute atomic E-state index is 10.5. The van der Waals surface area contributed by atoms with Crippen LogP contribution in [0.5, 0.6) is 0 Å². The summed E-state index contributed by atoms with van der Waals surface area (Å²) in [6.45, 7) is 3.71. The monoisotopic (exact) mass is 384 g/mol. The van der Waals surface area contributed by atoms with Gasteiger partial charge in [0.2, 0.25) is 0 Å². The fourth-order valence-electron chi connectivity index (χ4n) is 0.597. The molecule has 4 nitrogen and oxygen atoms in total. The van der Waals surface area contributed by atoms with E-state index >= 15 is 0 Å². The molecule has 0 atom stereocenters. The van der Waals surface area contributed by atoms with E-state index in [2.05, 4.69) is 41.3 Å². The summed E-state index contributed by atoms with van der Waals surface area (Å²) in [7, 11) is 2.72. The van der Waals surface area contributed by atoms with Crippen LogP contribution in [0.2, 0.25) is 0 Å². The van der Waals surface area contributed by atoms with Crippen LogP contribution in [0.3, 0.4) is 0 Å². The Morgan fingerprint density at radius 1 is 0.889 bits per heavy atom. The Morgan fingerprint density at radius 3 is 1.33 bits per heavy atom. The molecule has 18 heavy (non-hydrogen) atoms. The van der Waals surface area contributed by atoms with Crippen molar-refractivity contribution in [3.63, 3.8) is 0 Å². The van der Waals surface area contributed by atoms with Crippen LogP contribution in [-0.2, 0) is 19.1 Å². The normalized spacial score (nSPS) is 11.2. The van der Waals surface area contributed by atoms with Crippen LogP contribution in [0, 0.1) is 0 Å². The summed E-state index contributed by atoms with van der Waals surface area (Å²) in [5.74, 6) is -0.598. The second kappa shape index (κ2) is 12.8. The van der Waals surface area contributed by atoms with Gasteiger partial charge in [0, 0.05) is 22.8 Å². The second-order valence-electron chi connectivity index (χ2n) is 3.29. The number of carbonyl (C=O) groups is 2. The number of allylic oxidation sites excluding steroid dienone is 2. The Labute approximate surface area is 125 Å². The number of ether oxygens (including phenoxy) is 2. The minimum absolute atomic E-state index is 0.299. The van der Waals surface area contributed by atoms with Gasteiger partial charge in [0.25, 0.3) is 0 Å². The van der Waals surface area contributed by atoms with Gasteiger partial charge in [-0.05, 0) is 13.8 Å². The summed E-state index contributed by atoms with van der Waals surface area (Å²) in [6, 6.07) is 0. The third-order valence-electron chi connectivity index (χ3n) is 1.55.